The second-order valence-corrected chi connectivity index (χ2v) is 9.08. The van der Waals surface area contributed by atoms with Gasteiger partial charge in [0.15, 0.2) is 16.8 Å². The van der Waals surface area contributed by atoms with Crippen molar-refractivity contribution in [2.45, 2.75) is 12.5 Å². The summed E-state index contributed by atoms with van der Waals surface area (Å²) in [4.78, 5) is 43.5. The van der Waals surface area contributed by atoms with Gasteiger partial charge in [0.2, 0.25) is 5.91 Å². The van der Waals surface area contributed by atoms with Crippen molar-refractivity contribution in [3.63, 3.8) is 0 Å². The summed E-state index contributed by atoms with van der Waals surface area (Å²) >= 11 is 1.08. The minimum absolute atomic E-state index is 0.194. The summed E-state index contributed by atoms with van der Waals surface area (Å²) in [6.07, 6.45) is 0. The molecule has 5 rings (SSSR count). The lowest BCUT2D eigenvalue weighted by molar-refractivity contribution is -0.133. The van der Waals surface area contributed by atoms with Crippen LogP contribution in [0.5, 0.6) is 0 Å². The Morgan fingerprint density at radius 1 is 1.06 bits per heavy atom. The van der Waals surface area contributed by atoms with Gasteiger partial charge in [0, 0.05) is 10.9 Å². The molecule has 2 heterocycles. The van der Waals surface area contributed by atoms with E-state index in [1.54, 1.807) is 18.4 Å². The quantitative estimate of drug-likeness (QED) is 0.397. The predicted octanol–water partition coefficient (Wildman–Crippen LogP) is 4.65. The number of nitrogens with one attached hydrogen (secondary N) is 2. The highest BCUT2D eigenvalue weighted by molar-refractivity contribution is 7.14. The number of fused-ring (bicyclic) bond motifs is 1. The third-order valence-electron chi connectivity index (χ3n) is 5.87. The van der Waals surface area contributed by atoms with Crippen molar-refractivity contribution in [2.75, 3.05) is 11.9 Å². The fourth-order valence-electron chi connectivity index (χ4n) is 3.96. The van der Waals surface area contributed by atoms with E-state index in [4.69, 9.17) is 0 Å². The Bertz CT molecular complexity index is 1510. The molecule has 7 nitrogen and oxygen atoms in total. The molecular weight excluding hydrogens is 474 g/mol. The Balaban J connectivity index is 1.30. The minimum atomic E-state index is -1.32. The predicted molar refractivity (Wildman–Crippen MR) is 128 cm³/mol. The number of aromatic nitrogens is 1. The van der Waals surface area contributed by atoms with Gasteiger partial charge in [0.25, 0.3) is 5.91 Å². The average molecular weight is 493 g/mol. The SMILES string of the molecule is CC1(c2ccc3ccccc3c2)NC(=O)N(CC(=O)Nc2nc(-c3ccc(F)c(F)c3)cs2)C1=O. The highest BCUT2D eigenvalue weighted by Gasteiger charge is 2.49. The van der Waals surface area contributed by atoms with Gasteiger partial charge >= 0.3 is 6.03 Å². The molecule has 0 saturated carbocycles. The first-order chi connectivity index (χ1) is 16.7. The first-order valence-corrected chi connectivity index (χ1v) is 11.5. The monoisotopic (exact) mass is 492 g/mol. The van der Waals surface area contributed by atoms with E-state index in [1.807, 2.05) is 36.4 Å². The van der Waals surface area contributed by atoms with Gasteiger partial charge < -0.3 is 10.6 Å². The molecule has 3 aromatic carbocycles. The van der Waals surface area contributed by atoms with Crippen LogP contribution >= 0.6 is 11.3 Å². The number of benzene rings is 3. The largest absolute Gasteiger partial charge is 0.325 e. The van der Waals surface area contributed by atoms with Crippen LogP contribution < -0.4 is 10.6 Å². The summed E-state index contributed by atoms with van der Waals surface area (Å²) in [7, 11) is 0. The molecule has 0 spiro atoms. The molecule has 0 radical (unpaired) electrons. The zero-order valence-corrected chi connectivity index (χ0v) is 19.2. The number of halogens is 2. The second kappa shape index (κ2) is 8.55. The van der Waals surface area contributed by atoms with Crippen LogP contribution in [-0.2, 0) is 15.1 Å². The summed E-state index contributed by atoms with van der Waals surface area (Å²) in [5.74, 6) is -3.15. The molecule has 4 aromatic rings. The standard InChI is InChI=1S/C25H18F2N4O3S/c1-25(17-8-6-14-4-2-3-5-15(14)10-17)22(33)31(24(34)30-25)12-21(32)29-23-28-20(13-35-23)16-7-9-18(26)19(27)11-16/h2-11,13H,12H2,1H3,(H,30,34)(H,28,29,32). The maximum Gasteiger partial charge on any atom is 0.325 e. The highest BCUT2D eigenvalue weighted by Crippen LogP contribution is 2.31. The summed E-state index contributed by atoms with van der Waals surface area (Å²) in [6, 6.07) is 15.8. The van der Waals surface area contributed by atoms with Crippen LogP contribution in [-0.4, -0.2) is 34.3 Å². The van der Waals surface area contributed by atoms with Crippen LogP contribution in [0.25, 0.3) is 22.0 Å². The number of hydrogen-bond donors (Lipinski definition) is 2. The van der Waals surface area contributed by atoms with E-state index in [0.717, 1.165) is 39.1 Å². The number of urea groups is 1. The van der Waals surface area contributed by atoms with E-state index < -0.39 is 41.6 Å². The molecular formula is C25H18F2N4O3S. The zero-order valence-electron chi connectivity index (χ0n) is 18.3. The van der Waals surface area contributed by atoms with Gasteiger partial charge in [-0.15, -0.1) is 11.3 Å². The molecule has 1 aromatic heterocycles. The molecule has 1 fully saturated rings. The molecule has 35 heavy (non-hydrogen) atoms. The van der Waals surface area contributed by atoms with Gasteiger partial charge in [-0.1, -0.05) is 36.4 Å². The number of thiazole rings is 1. The van der Waals surface area contributed by atoms with Crippen molar-refractivity contribution in [1.82, 2.24) is 15.2 Å². The number of hydrogen-bond acceptors (Lipinski definition) is 5. The minimum Gasteiger partial charge on any atom is -0.319 e. The normalized spacial score (nSPS) is 17.6. The van der Waals surface area contributed by atoms with Gasteiger partial charge in [-0.05, 0) is 47.5 Å². The molecule has 2 N–H and O–H groups in total. The third kappa shape index (κ3) is 4.12. The lowest BCUT2D eigenvalue weighted by Crippen LogP contribution is -2.42. The van der Waals surface area contributed by atoms with Crippen LogP contribution in [0.15, 0.2) is 66.0 Å². The van der Waals surface area contributed by atoms with Crippen molar-refractivity contribution in [1.29, 1.82) is 0 Å². The maximum absolute atomic E-state index is 13.5. The molecule has 1 aliphatic heterocycles. The van der Waals surface area contributed by atoms with E-state index in [1.165, 1.54) is 6.07 Å². The summed E-state index contributed by atoms with van der Waals surface area (Å²) < 4.78 is 26.7. The summed E-state index contributed by atoms with van der Waals surface area (Å²) in [5.41, 5.74) is -0.0138. The number of carbonyl (C=O) groups is 3. The Kier molecular flexibility index (Phi) is 5.52. The summed E-state index contributed by atoms with van der Waals surface area (Å²) in [6.45, 7) is 1.10. The van der Waals surface area contributed by atoms with Crippen molar-refractivity contribution in [3.05, 3.63) is 83.2 Å². The van der Waals surface area contributed by atoms with Crippen molar-refractivity contribution in [3.8, 4) is 11.3 Å². The fraction of sp³-hybridized carbons (Fsp3) is 0.120. The van der Waals surface area contributed by atoms with Gasteiger partial charge in [0.05, 0.1) is 5.69 Å². The Morgan fingerprint density at radius 2 is 1.83 bits per heavy atom. The molecule has 176 valence electrons. The zero-order chi connectivity index (χ0) is 24.7. The van der Waals surface area contributed by atoms with Gasteiger partial charge in [0.1, 0.15) is 12.1 Å². The van der Waals surface area contributed by atoms with Crippen LogP contribution in [0, 0.1) is 11.6 Å². The van der Waals surface area contributed by atoms with Gasteiger partial charge in [-0.25, -0.2) is 18.6 Å². The van der Waals surface area contributed by atoms with Crippen molar-refractivity contribution < 1.29 is 23.2 Å². The van der Waals surface area contributed by atoms with E-state index in [0.29, 0.717) is 16.8 Å². The molecule has 1 atom stereocenters. The number of carbonyl (C=O) groups excluding carboxylic acids is 3. The number of nitrogens with zero attached hydrogens (tertiary/aromatic N) is 2. The second-order valence-electron chi connectivity index (χ2n) is 8.22. The maximum atomic E-state index is 13.5. The van der Waals surface area contributed by atoms with Gasteiger partial charge in [-0.2, -0.15) is 0 Å². The van der Waals surface area contributed by atoms with E-state index >= 15 is 0 Å². The molecule has 1 saturated heterocycles. The molecule has 1 unspecified atom stereocenters. The average Bonchev–Trinajstić information content (AvgIpc) is 3.39. The Labute approximate surface area is 202 Å². The van der Waals surface area contributed by atoms with Crippen molar-refractivity contribution in [2.24, 2.45) is 0 Å². The number of rotatable bonds is 5. The van der Waals surface area contributed by atoms with E-state index in [2.05, 4.69) is 15.6 Å². The lowest BCUT2D eigenvalue weighted by Gasteiger charge is -2.22. The number of anilines is 1. The molecule has 0 aliphatic carbocycles. The number of amides is 4. The lowest BCUT2D eigenvalue weighted by atomic mass is 9.90. The molecule has 1 aliphatic rings. The topological polar surface area (TPSA) is 91.4 Å². The van der Waals surface area contributed by atoms with Crippen LogP contribution in [0.4, 0.5) is 18.7 Å². The van der Waals surface area contributed by atoms with E-state index in [-0.39, 0.29) is 5.13 Å². The fourth-order valence-corrected chi connectivity index (χ4v) is 4.69. The van der Waals surface area contributed by atoms with Crippen LogP contribution in [0.3, 0.4) is 0 Å². The molecule has 0 bridgehead atoms. The van der Waals surface area contributed by atoms with Crippen LogP contribution in [0.1, 0.15) is 12.5 Å². The van der Waals surface area contributed by atoms with Gasteiger partial charge in [-0.3, -0.25) is 14.5 Å². The molecule has 4 amide bonds. The molecule has 10 heteroatoms. The van der Waals surface area contributed by atoms with E-state index in [9.17, 15) is 23.2 Å². The Morgan fingerprint density at radius 3 is 2.60 bits per heavy atom. The van der Waals surface area contributed by atoms with Crippen LogP contribution in [0.2, 0.25) is 0 Å². The highest BCUT2D eigenvalue weighted by atomic mass is 32.1. The first kappa shape index (κ1) is 22.6. The third-order valence-corrected chi connectivity index (χ3v) is 6.63. The smallest absolute Gasteiger partial charge is 0.319 e. The number of imide groups is 1. The summed E-state index contributed by atoms with van der Waals surface area (Å²) in [5, 5.41) is 8.93. The first-order valence-electron chi connectivity index (χ1n) is 10.6. The van der Waals surface area contributed by atoms with Crippen molar-refractivity contribution >= 4 is 45.1 Å². The Hall–Kier alpha value is -4.18.